The Kier molecular flexibility index (Phi) is 6.26. The van der Waals surface area contributed by atoms with Gasteiger partial charge in [-0.05, 0) is 18.2 Å². The molecule has 3 N–H and O–H groups in total. The third kappa shape index (κ3) is 4.83. The lowest BCUT2D eigenvalue weighted by atomic mass is 10.2. The molecule has 1 saturated heterocycles. The zero-order valence-corrected chi connectivity index (χ0v) is 17.6. The summed E-state index contributed by atoms with van der Waals surface area (Å²) in [4.78, 5) is 28.1. The summed E-state index contributed by atoms with van der Waals surface area (Å²) in [6.07, 6.45) is 0. The highest BCUT2D eigenvalue weighted by Gasteiger charge is 2.24. The highest BCUT2D eigenvalue weighted by Crippen LogP contribution is 2.29. The number of rotatable bonds is 7. The average molecular weight is 436 g/mol. The van der Waals surface area contributed by atoms with Gasteiger partial charge in [0.25, 0.3) is 5.69 Å². The van der Waals surface area contributed by atoms with E-state index in [9.17, 15) is 10.1 Å². The zero-order chi connectivity index (χ0) is 22.5. The number of anilines is 4. The Bertz CT molecular complexity index is 1100. The van der Waals surface area contributed by atoms with Gasteiger partial charge in [-0.15, -0.1) is 0 Å². The minimum absolute atomic E-state index is 0.123. The fraction of sp³-hybridized carbons (Fsp3) is 0.286. The molecule has 1 aromatic heterocycles. The molecule has 166 valence electrons. The maximum absolute atomic E-state index is 11.3. The van der Waals surface area contributed by atoms with E-state index in [2.05, 4.69) is 25.2 Å². The van der Waals surface area contributed by atoms with E-state index >= 15 is 0 Å². The number of nitro groups is 1. The molecule has 1 aliphatic heterocycles. The van der Waals surface area contributed by atoms with Crippen molar-refractivity contribution in [3.63, 3.8) is 0 Å². The average Bonchev–Trinajstić information content (AvgIpc) is 2.79. The first-order valence-electron chi connectivity index (χ1n) is 10.1. The number of hydrogen-bond donors (Lipinski definition) is 2. The van der Waals surface area contributed by atoms with Crippen molar-refractivity contribution in [2.75, 3.05) is 49.2 Å². The first-order valence-corrected chi connectivity index (χ1v) is 10.1. The standard InChI is InChI=1S/C21H24N8O3/c1-32-18-9-5-2-6-15(18)23-21-25-19(24-20(22)26-21)14-27-10-12-28(13-11-27)16-7-3-4-8-17(16)29(30)31/h2-9H,10-14H2,1H3,(H3,22,23,24,25,26). The molecule has 0 aliphatic carbocycles. The summed E-state index contributed by atoms with van der Waals surface area (Å²) < 4.78 is 5.35. The molecular weight excluding hydrogens is 412 g/mol. The molecule has 1 fully saturated rings. The van der Waals surface area contributed by atoms with Crippen LogP contribution in [0.15, 0.2) is 48.5 Å². The van der Waals surface area contributed by atoms with Crippen LogP contribution in [0.3, 0.4) is 0 Å². The molecule has 2 aromatic carbocycles. The Hall–Kier alpha value is -3.99. The summed E-state index contributed by atoms with van der Waals surface area (Å²) in [6, 6.07) is 14.3. The van der Waals surface area contributed by atoms with Crippen molar-refractivity contribution in [2.24, 2.45) is 0 Å². The van der Waals surface area contributed by atoms with E-state index in [0.717, 1.165) is 5.69 Å². The number of hydrogen-bond acceptors (Lipinski definition) is 10. The topological polar surface area (TPSA) is 136 Å². The molecule has 0 amide bonds. The Morgan fingerprint density at radius 2 is 1.78 bits per heavy atom. The molecule has 0 spiro atoms. The van der Waals surface area contributed by atoms with Gasteiger partial charge in [0.2, 0.25) is 11.9 Å². The number of ether oxygens (including phenoxy) is 1. The van der Waals surface area contributed by atoms with E-state index in [4.69, 9.17) is 10.5 Å². The van der Waals surface area contributed by atoms with Crippen molar-refractivity contribution in [1.29, 1.82) is 0 Å². The van der Waals surface area contributed by atoms with Crippen LogP contribution >= 0.6 is 0 Å². The Balaban J connectivity index is 1.42. The number of nitrogens with zero attached hydrogens (tertiary/aromatic N) is 6. The number of aromatic nitrogens is 3. The van der Waals surface area contributed by atoms with Crippen LogP contribution < -0.4 is 20.7 Å². The molecule has 32 heavy (non-hydrogen) atoms. The SMILES string of the molecule is COc1ccccc1Nc1nc(N)nc(CN2CCN(c3ccccc3[N+](=O)[O-])CC2)n1. The van der Waals surface area contributed by atoms with Gasteiger partial charge in [0.05, 0.1) is 24.3 Å². The maximum Gasteiger partial charge on any atom is 0.292 e. The lowest BCUT2D eigenvalue weighted by molar-refractivity contribution is -0.384. The molecule has 0 unspecified atom stereocenters. The van der Waals surface area contributed by atoms with Crippen LogP contribution in [0, 0.1) is 10.1 Å². The second kappa shape index (κ2) is 9.43. The van der Waals surface area contributed by atoms with E-state index < -0.39 is 0 Å². The summed E-state index contributed by atoms with van der Waals surface area (Å²) in [6.45, 7) is 3.26. The van der Waals surface area contributed by atoms with Gasteiger partial charge >= 0.3 is 0 Å². The number of benzene rings is 2. The van der Waals surface area contributed by atoms with Gasteiger partial charge in [0.15, 0.2) is 0 Å². The minimum Gasteiger partial charge on any atom is -0.495 e. The summed E-state index contributed by atoms with van der Waals surface area (Å²) >= 11 is 0. The number of nitrogen functional groups attached to an aromatic ring is 1. The molecule has 0 atom stereocenters. The minimum atomic E-state index is -0.342. The Labute approximate surface area is 185 Å². The van der Waals surface area contributed by atoms with E-state index in [1.54, 1.807) is 19.2 Å². The molecule has 11 heteroatoms. The quantitative estimate of drug-likeness (QED) is 0.420. The van der Waals surface area contributed by atoms with Gasteiger partial charge < -0.3 is 20.7 Å². The van der Waals surface area contributed by atoms with Crippen molar-refractivity contribution in [3.8, 4) is 5.75 Å². The number of nitrogens with two attached hydrogens (primary N) is 1. The van der Waals surface area contributed by atoms with Crippen molar-refractivity contribution in [2.45, 2.75) is 6.54 Å². The summed E-state index contributed by atoms with van der Waals surface area (Å²) in [7, 11) is 1.59. The smallest absolute Gasteiger partial charge is 0.292 e. The third-order valence-electron chi connectivity index (χ3n) is 5.21. The van der Waals surface area contributed by atoms with Crippen molar-refractivity contribution >= 4 is 29.0 Å². The fourth-order valence-corrected chi connectivity index (χ4v) is 3.67. The van der Waals surface area contributed by atoms with E-state index in [1.165, 1.54) is 6.07 Å². The number of para-hydroxylation sites is 4. The number of piperazine rings is 1. The van der Waals surface area contributed by atoms with Gasteiger partial charge in [0.1, 0.15) is 17.3 Å². The summed E-state index contributed by atoms with van der Waals surface area (Å²) in [5, 5.41) is 14.5. The molecule has 1 aliphatic rings. The van der Waals surface area contributed by atoms with E-state index in [0.29, 0.717) is 55.9 Å². The Morgan fingerprint density at radius 1 is 1.06 bits per heavy atom. The number of nitro benzene ring substituents is 1. The van der Waals surface area contributed by atoms with Crippen LogP contribution in [0.1, 0.15) is 5.82 Å². The number of methoxy groups -OCH3 is 1. The van der Waals surface area contributed by atoms with Gasteiger partial charge in [-0.2, -0.15) is 15.0 Å². The van der Waals surface area contributed by atoms with Gasteiger partial charge in [0, 0.05) is 32.2 Å². The second-order valence-electron chi connectivity index (χ2n) is 7.27. The molecule has 0 bridgehead atoms. The monoisotopic (exact) mass is 436 g/mol. The first kappa shape index (κ1) is 21.2. The lowest BCUT2D eigenvalue weighted by Gasteiger charge is -2.35. The highest BCUT2D eigenvalue weighted by atomic mass is 16.6. The maximum atomic E-state index is 11.3. The predicted octanol–water partition coefficient (Wildman–Crippen LogP) is 2.44. The third-order valence-corrected chi connectivity index (χ3v) is 5.21. The Morgan fingerprint density at radius 3 is 2.53 bits per heavy atom. The summed E-state index contributed by atoms with van der Waals surface area (Å²) in [5.74, 6) is 1.69. The van der Waals surface area contributed by atoms with Crippen LogP contribution in [0.5, 0.6) is 5.75 Å². The second-order valence-corrected chi connectivity index (χ2v) is 7.27. The van der Waals surface area contributed by atoms with Crippen molar-refractivity contribution in [3.05, 3.63) is 64.5 Å². The highest BCUT2D eigenvalue weighted by molar-refractivity contribution is 5.63. The molecular formula is C21H24N8O3. The lowest BCUT2D eigenvalue weighted by Crippen LogP contribution is -2.46. The molecule has 0 radical (unpaired) electrons. The molecule has 0 saturated carbocycles. The van der Waals surface area contributed by atoms with E-state index in [1.807, 2.05) is 35.2 Å². The largest absolute Gasteiger partial charge is 0.495 e. The fourth-order valence-electron chi connectivity index (χ4n) is 3.67. The molecule has 4 rings (SSSR count). The summed E-state index contributed by atoms with van der Waals surface area (Å²) in [5.41, 5.74) is 7.40. The normalized spacial score (nSPS) is 14.2. The molecule has 3 aromatic rings. The van der Waals surface area contributed by atoms with Crippen LogP contribution in [-0.2, 0) is 6.54 Å². The van der Waals surface area contributed by atoms with Crippen LogP contribution in [-0.4, -0.2) is 58.1 Å². The van der Waals surface area contributed by atoms with Crippen molar-refractivity contribution in [1.82, 2.24) is 19.9 Å². The van der Waals surface area contributed by atoms with E-state index in [-0.39, 0.29) is 16.6 Å². The zero-order valence-electron chi connectivity index (χ0n) is 17.6. The van der Waals surface area contributed by atoms with Gasteiger partial charge in [-0.3, -0.25) is 15.0 Å². The van der Waals surface area contributed by atoms with Crippen LogP contribution in [0.4, 0.5) is 29.0 Å². The van der Waals surface area contributed by atoms with Gasteiger partial charge in [-0.25, -0.2) is 0 Å². The molecule has 2 heterocycles. The predicted molar refractivity (Wildman–Crippen MR) is 121 cm³/mol. The van der Waals surface area contributed by atoms with Crippen LogP contribution in [0.25, 0.3) is 0 Å². The van der Waals surface area contributed by atoms with Crippen molar-refractivity contribution < 1.29 is 9.66 Å². The molecule has 11 nitrogen and oxygen atoms in total. The van der Waals surface area contributed by atoms with Gasteiger partial charge in [-0.1, -0.05) is 24.3 Å². The number of nitrogens with one attached hydrogen (secondary N) is 1. The van der Waals surface area contributed by atoms with Crippen LogP contribution in [0.2, 0.25) is 0 Å². The first-order chi connectivity index (χ1) is 15.5.